The largest absolute Gasteiger partial charge is 0.383 e. The number of ether oxygens (including phenoxy) is 1. The summed E-state index contributed by atoms with van der Waals surface area (Å²) in [7, 11) is 0. The van der Waals surface area contributed by atoms with Crippen LogP contribution in [0.4, 0.5) is 5.82 Å². The van der Waals surface area contributed by atoms with Crippen molar-refractivity contribution in [1.82, 2.24) is 9.97 Å². The highest BCUT2D eigenvalue weighted by Crippen LogP contribution is 2.20. The van der Waals surface area contributed by atoms with Crippen molar-refractivity contribution in [3.63, 3.8) is 0 Å². The topological polar surface area (TPSA) is 61.0 Å². The van der Waals surface area contributed by atoms with Gasteiger partial charge in [0.15, 0.2) is 0 Å². The first kappa shape index (κ1) is 12.0. The van der Waals surface area contributed by atoms with Gasteiger partial charge in [0.05, 0.1) is 9.26 Å². The highest BCUT2D eigenvalue weighted by molar-refractivity contribution is 14.1. The van der Waals surface area contributed by atoms with Crippen molar-refractivity contribution in [2.45, 2.75) is 26.2 Å². The molecule has 88 valence electrons. The average molecular weight is 333 g/mol. The van der Waals surface area contributed by atoms with Gasteiger partial charge in [0.1, 0.15) is 11.6 Å². The summed E-state index contributed by atoms with van der Waals surface area (Å²) in [6.07, 6.45) is 2.89. The molecule has 0 saturated carbocycles. The first-order valence-electron chi connectivity index (χ1n) is 5.59. The average Bonchev–Trinajstić information content (AvgIpc) is 2.76. The van der Waals surface area contributed by atoms with Crippen LogP contribution in [0.15, 0.2) is 0 Å². The minimum atomic E-state index is 0.559. The maximum atomic E-state index is 5.88. The molecule has 0 spiro atoms. The van der Waals surface area contributed by atoms with Gasteiger partial charge in [0.25, 0.3) is 0 Å². The third kappa shape index (κ3) is 2.63. The van der Waals surface area contributed by atoms with Gasteiger partial charge in [-0.15, -0.1) is 0 Å². The molecule has 0 bridgehead atoms. The molecule has 1 aromatic rings. The number of halogens is 1. The predicted octanol–water partition coefficient (Wildman–Crippen LogP) is 1.80. The molecule has 2 heterocycles. The second-order valence-corrected chi connectivity index (χ2v) is 5.15. The fourth-order valence-corrected chi connectivity index (χ4v) is 2.52. The lowest BCUT2D eigenvalue weighted by Gasteiger charge is -2.10. The number of nitrogens with zero attached hydrogens (tertiary/aromatic N) is 2. The number of nitrogens with two attached hydrogens (primary N) is 1. The standard InChI is InChI=1S/C11H16IN3O/c1-2-8-10(12)11(13)15-9(14-8)5-7-3-4-16-6-7/h7H,2-6H2,1H3,(H2,13,14,15). The van der Waals surface area contributed by atoms with E-state index >= 15 is 0 Å². The molecule has 2 rings (SSSR count). The third-order valence-electron chi connectivity index (χ3n) is 2.82. The second kappa shape index (κ2) is 5.27. The number of hydrogen-bond donors (Lipinski definition) is 1. The van der Waals surface area contributed by atoms with E-state index in [0.717, 1.165) is 47.6 Å². The van der Waals surface area contributed by atoms with Crippen LogP contribution in [0.25, 0.3) is 0 Å². The van der Waals surface area contributed by atoms with Crippen LogP contribution >= 0.6 is 22.6 Å². The molecule has 5 heteroatoms. The molecule has 1 aromatic heterocycles. The van der Waals surface area contributed by atoms with Crippen molar-refractivity contribution in [2.75, 3.05) is 18.9 Å². The molecule has 0 amide bonds. The van der Waals surface area contributed by atoms with Gasteiger partial charge in [-0.3, -0.25) is 0 Å². The van der Waals surface area contributed by atoms with Crippen LogP contribution in [0.3, 0.4) is 0 Å². The summed E-state index contributed by atoms with van der Waals surface area (Å²) in [5.74, 6) is 2.04. The smallest absolute Gasteiger partial charge is 0.140 e. The van der Waals surface area contributed by atoms with E-state index in [4.69, 9.17) is 10.5 Å². The van der Waals surface area contributed by atoms with E-state index in [0.29, 0.717) is 11.7 Å². The van der Waals surface area contributed by atoms with Crippen molar-refractivity contribution >= 4 is 28.4 Å². The van der Waals surface area contributed by atoms with Gasteiger partial charge in [-0.05, 0) is 41.4 Å². The Balaban J connectivity index is 2.17. The highest BCUT2D eigenvalue weighted by Gasteiger charge is 2.18. The quantitative estimate of drug-likeness (QED) is 0.857. The van der Waals surface area contributed by atoms with Gasteiger partial charge >= 0.3 is 0 Å². The van der Waals surface area contributed by atoms with E-state index in [2.05, 4.69) is 39.5 Å². The first-order valence-corrected chi connectivity index (χ1v) is 6.67. The number of aryl methyl sites for hydroxylation is 1. The van der Waals surface area contributed by atoms with Crippen molar-refractivity contribution in [3.8, 4) is 0 Å². The lowest BCUT2D eigenvalue weighted by Crippen LogP contribution is -2.11. The summed E-state index contributed by atoms with van der Waals surface area (Å²) >= 11 is 2.21. The van der Waals surface area contributed by atoms with E-state index in [1.807, 2.05) is 0 Å². The van der Waals surface area contributed by atoms with Crippen molar-refractivity contribution in [3.05, 3.63) is 15.1 Å². The molecular formula is C11H16IN3O. The van der Waals surface area contributed by atoms with E-state index in [-0.39, 0.29) is 0 Å². The van der Waals surface area contributed by atoms with Crippen LogP contribution in [-0.4, -0.2) is 23.2 Å². The Bertz CT molecular complexity index is 378. The predicted molar refractivity (Wildman–Crippen MR) is 71.2 cm³/mol. The Morgan fingerprint density at radius 3 is 2.94 bits per heavy atom. The van der Waals surface area contributed by atoms with Gasteiger partial charge in [-0.2, -0.15) is 0 Å². The summed E-state index contributed by atoms with van der Waals surface area (Å²) in [4.78, 5) is 8.91. The van der Waals surface area contributed by atoms with Crippen LogP contribution in [0.1, 0.15) is 24.9 Å². The molecule has 0 aromatic carbocycles. The number of anilines is 1. The molecule has 1 unspecified atom stereocenters. The number of rotatable bonds is 3. The number of hydrogen-bond acceptors (Lipinski definition) is 4. The molecule has 1 aliphatic rings. The summed E-state index contributed by atoms with van der Waals surface area (Å²) in [5, 5.41) is 0. The first-order chi connectivity index (χ1) is 7.70. The Hall–Kier alpha value is -0.430. The lowest BCUT2D eigenvalue weighted by atomic mass is 10.0. The van der Waals surface area contributed by atoms with Crippen LogP contribution < -0.4 is 5.73 Å². The van der Waals surface area contributed by atoms with Gasteiger partial charge in [0.2, 0.25) is 0 Å². The van der Waals surface area contributed by atoms with E-state index in [1.165, 1.54) is 0 Å². The Labute approximate surface area is 109 Å². The zero-order valence-corrected chi connectivity index (χ0v) is 11.5. The Kier molecular flexibility index (Phi) is 3.96. The van der Waals surface area contributed by atoms with Crippen LogP contribution in [0.2, 0.25) is 0 Å². The molecule has 2 N–H and O–H groups in total. The van der Waals surface area contributed by atoms with Gasteiger partial charge in [-0.1, -0.05) is 6.92 Å². The van der Waals surface area contributed by atoms with E-state index in [1.54, 1.807) is 0 Å². The summed E-state index contributed by atoms with van der Waals surface area (Å²) in [6.45, 7) is 3.79. The number of aromatic nitrogens is 2. The summed E-state index contributed by atoms with van der Waals surface area (Å²) in [6, 6.07) is 0. The number of nitrogen functional groups attached to an aromatic ring is 1. The molecular weight excluding hydrogens is 317 g/mol. The normalized spacial score (nSPS) is 20.2. The molecule has 16 heavy (non-hydrogen) atoms. The molecule has 0 aliphatic carbocycles. The maximum absolute atomic E-state index is 5.88. The molecule has 1 aliphatic heterocycles. The molecule has 0 radical (unpaired) electrons. The third-order valence-corrected chi connectivity index (χ3v) is 4.00. The second-order valence-electron chi connectivity index (χ2n) is 4.07. The SMILES string of the molecule is CCc1nc(CC2CCOC2)nc(N)c1I. The van der Waals surface area contributed by atoms with Crippen molar-refractivity contribution in [2.24, 2.45) is 5.92 Å². The fraction of sp³-hybridized carbons (Fsp3) is 0.636. The Morgan fingerprint density at radius 2 is 2.31 bits per heavy atom. The van der Waals surface area contributed by atoms with Gasteiger partial charge in [-0.25, -0.2) is 9.97 Å². The molecule has 4 nitrogen and oxygen atoms in total. The minimum Gasteiger partial charge on any atom is -0.383 e. The van der Waals surface area contributed by atoms with E-state index in [9.17, 15) is 0 Å². The summed E-state index contributed by atoms with van der Waals surface area (Å²) < 4.78 is 6.34. The van der Waals surface area contributed by atoms with E-state index < -0.39 is 0 Å². The van der Waals surface area contributed by atoms with Gasteiger partial charge in [0, 0.05) is 19.6 Å². The zero-order valence-electron chi connectivity index (χ0n) is 9.37. The van der Waals surface area contributed by atoms with Crippen LogP contribution in [-0.2, 0) is 17.6 Å². The summed E-state index contributed by atoms with van der Waals surface area (Å²) in [5.41, 5.74) is 6.94. The molecule has 1 saturated heterocycles. The fourth-order valence-electron chi connectivity index (χ4n) is 1.89. The maximum Gasteiger partial charge on any atom is 0.140 e. The minimum absolute atomic E-state index is 0.559. The zero-order chi connectivity index (χ0) is 11.5. The lowest BCUT2D eigenvalue weighted by molar-refractivity contribution is 0.185. The monoisotopic (exact) mass is 333 g/mol. The van der Waals surface area contributed by atoms with Gasteiger partial charge < -0.3 is 10.5 Å². The van der Waals surface area contributed by atoms with Crippen LogP contribution in [0, 0.1) is 9.49 Å². The van der Waals surface area contributed by atoms with Crippen LogP contribution in [0.5, 0.6) is 0 Å². The van der Waals surface area contributed by atoms with Crippen molar-refractivity contribution in [1.29, 1.82) is 0 Å². The molecule has 1 fully saturated rings. The molecule has 1 atom stereocenters. The Morgan fingerprint density at radius 1 is 1.50 bits per heavy atom. The van der Waals surface area contributed by atoms with Crippen molar-refractivity contribution < 1.29 is 4.74 Å². The highest BCUT2D eigenvalue weighted by atomic mass is 127.